The van der Waals surface area contributed by atoms with Gasteiger partial charge < -0.3 is 20.3 Å². The lowest BCUT2D eigenvalue weighted by atomic mass is 10.0. The van der Waals surface area contributed by atoms with Gasteiger partial charge in [-0.05, 0) is 57.8 Å². The SMILES string of the molecule is CCCCCCCCC/C=C\CCCCCCCC(=O)OCCCCCCCCCCCCCCCCCCCCCCCCCCCCCCCC(=O)NC(CO)C(O)/C=C/CCCCCCCCCCCCCCCCCCCCCCC. The molecule has 0 rings (SSSR count). The van der Waals surface area contributed by atoms with Crippen LogP contribution in [0.4, 0.5) is 0 Å². The van der Waals surface area contributed by atoms with Crippen molar-refractivity contribution < 1.29 is 24.5 Å². The molecule has 0 aliphatic heterocycles. The smallest absolute Gasteiger partial charge is 0.305 e. The molecule has 1 amide bonds. The minimum absolute atomic E-state index is 0.0128. The summed E-state index contributed by atoms with van der Waals surface area (Å²) < 4.78 is 5.50. The molecular weight excluding hydrogens is 1040 g/mol. The van der Waals surface area contributed by atoms with E-state index in [1.807, 2.05) is 6.08 Å². The predicted molar refractivity (Wildman–Crippen MR) is 375 cm³/mol. The maximum Gasteiger partial charge on any atom is 0.305 e. The van der Waals surface area contributed by atoms with Gasteiger partial charge in [0.2, 0.25) is 5.91 Å². The van der Waals surface area contributed by atoms with Gasteiger partial charge >= 0.3 is 5.97 Å². The number of ether oxygens (including phenoxy) is 1. The number of carbonyl (C=O) groups excluding carboxylic acids is 2. The van der Waals surface area contributed by atoms with Crippen molar-refractivity contribution in [1.29, 1.82) is 0 Å². The standard InChI is InChI=1S/C79H153NO5/c1-3-5-7-9-11-13-15-17-19-21-22-23-31-34-37-40-43-47-51-55-59-63-67-71-77(82)76(75-81)80-78(83)72-68-64-60-56-52-48-44-41-38-35-32-29-27-25-24-26-28-30-33-36-39-42-46-50-54-58-62-66-70-74-85-79(84)73-69-65-61-57-53-49-45-20-18-16-14-12-10-8-6-4-2/h20,45,67,71,76-77,81-82H,3-19,21-44,46-66,68-70,72-75H2,1-2H3,(H,80,83)/b45-20-,71-67+. The molecule has 6 nitrogen and oxygen atoms in total. The quantitative estimate of drug-likeness (QED) is 0.0320. The number of carbonyl (C=O) groups is 2. The first-order chi connectivity index (χ1) is 42.0. The number of esters is 1. The van der Waals surface area contributed by atoms with Crippen LogP contribution >= 0.6 is 0 Å². The Bertz CT molecular complexity index is 1330. The van der Waals surface area contributed by atoms with Crippen molar-refractivity contribution in [3.05, 3.63) is 24.3 Å². The van der Waals surface area contributed by atoms with Gasteiger partial charge in [-0.1, -0.05) is 398 Å². The highest BCUT2D eigenvalue weighted by Gasteiger charge is 2.18. The molecule has 2 atom stereocenters. The van der Waals surface area contributed by atoms with Gasteiger partial charge in [0.1, 0.15) is 0 Å². The summed E-state index contributed by atoms with van der Waals surface area (Å²) in [7, 11) is 0. The molecule has 2 unspecified atom stereocenters. The van der Waals surface area contributed by atoms with Gasteiger partial charge in [0.05, 0.1) is 25.4 Å². The van der Waals surface area contributed by atoms with Crippen LogP contribution in [-0.4, -0.2) is 47.4 Å². The van der Waals surface area contributed by atoms with Gasteiger partial charge in [-0.15, -0.1) is 0 Å². The Balaban J connectivity index is 3.36. The van der Waals surface area contributed by atoms with Crippen LogP contribution in [0.3, 0.4) is 0 Å². The van der Waals surface area contributed by atoms with Gasteiger partial charge in [0.15, 0.2) is 0 Å². The summed E-state index contributed by atoms with van der Waals surface area (Å²) in [6.45, 7) is 4.95. The average molecular weight is 1200 g/mol. The van der Waals surface area contributed by atoms with Crippen LogP contribution in [-0.2, 0) is 14.3 Å². The minimum Gasteiger partial charge on any atom is -0.466 e. The van der Waals surface area contributed by atoms with Gasteiger partial charge in [0, 0.05) is 12.8 Å². The van der Waals surface area contributed by atoms with Crippen molar-refractivity contribution >= 4 is 11.9 Å². The molecule has 0 heterocycles. The van der Waals surface area contributed by atoms with Crippen LogP contribution in [0.5, 0.6) is 0 Å². The molecule has 0 saturated heterocycles. The minimum atomic E-state index is -0.843. The fourth-order valence-electron chi connectivity index (χ4n) is 12.5. The van der Waals surface area contributed by atoms with E-state index in [-0.39, 0.29) is 18.5 Å². The summed E-state index contributed by atoms with van der Waals surface area (Å²) in [5, 5.41) is 23.3. The fourth-order valence-corrected chi connectivity index (χ4v) is 12.5. The van der Waals surface area contributed by atoms with E-state index >= 15 is 0 Å². The Labute approximate surface area is 532 Å². The molecule has 0 aromatic rings. The predicted octanol–water partition coefficient (Wildman–Crippen LogP) is 25.7. The van der Waals surface area contributed by atoms with Crippen molar-refractivity contribution in [2.75, 3.05) is 13.2 Å². The van der Waals surface area contributed by atoms with E-state index in [1.54, 1.807) is 6.08 Å². The van der Waals surface area contributed by atoms with E-state index in [0.717, 1.165) is 44.9 Å². The van der Waals surface area contributed by atoms with Crippen LogP contribution in [0.1, 0.15) is 444 Å². The van der Waals surface area contributed by atoms with Crippen molar-refractivity contribution in [2.45, 2.75) is 456 Å². The summed E-state index contributed by atoms with van der Waals surface area (Å²) in [4.78, 5) is 24.6. The maximum atomic E-state index is 12.5. The number of aliphatic hydroxyl groups excluding tert-OH is 2. The summed E-state index contributed by atoms with van der Waals surface area (Å²) >= 11 is 0. The molecule has 3 N–H and O–H groups in total. The molecule has 0 saturated carbocycles. The normalized spacial score (nSPS) is 12.6. The summed E-state index contributed by atoms with van der Waals surface area (Å²) in [5.74, 6) is -0.0466. The summed E-state index contributed by atoms with van der Waals surface area (Å²) in [6.07, 6.45) is 95.8. The van der Waals surface area contributed by atoms with Crippen LogP contribution in [0.2, 0.25) is 0 Å². The number of amides is 1. The lowest BCUT2D eigenvalue weighted by Crippen LogP contribution is -2.45. The maximum absolute atomic E-state index is 12.5. The topological polar surface area (TPSA) is 95.9 Å². The molecule has 504 valence electrons. The zero-order valence-corrected chi connectivity index (χ0v) is 57.9. The number of aliphatic hydroxyl groups is 2. The second-order valence-electron chi connectivity index (χ2n) is 27.0. The number of unbranched alkanes of at least 4 members (excludes halogenated alkanes) is 61. The monoisotopic (exact) mass is 1200 g/mol. The highest BCUT2D eigenvalue weighted by atomic mass is 16.5. The number of hydrogen-bond donors (Lipinski definition) is 3. The van der Waals surface area contributed by atoms with Crippen LogP contribution in [0.25, 0.3) is 0 Å². The summed E-state index contributed by atoms with van der Waals surface area (Å²) in [5.41, 5.74) is 0. The third-order valence-electron chi connectivity index (χ3n) is 18.5. The number of hydrogen-bond acceptors (Lipinski definition) is 5. The van der Waals surface area contributed by atoms with Crippen LogP contribution < -0.4 is 5.32 Å². The Hall–Kier alpha value is -1.66. The molecule has 85 heavy (non-hydrogen) atoms. The van der Waals surface area contributed by atoms with Crippen molar-refractivity contribution in [1.82, 2.24) is 5.32 Å². The van der Waals surface area contributed by atoms with Gasteiger partial charge in [0.25, 0.3) is 0 Å². The van der Waals surface area contributed by atoms with Crippen molar-refractivity contribution in [3.8, 4) is 0 Å². The van der Waals surface area contributed by atoms with E-state index in [2.05, 4.69) is 31.3 Å². The molecule has 0 bridgehead atoms. The molecule has 0 spiro atoms. The second kappa shape index (κ2) is 74.8. The van der Waals surface area contributed by atoms with E-state index < -0.39 is 12.1 Å². The third-order valence-corrected chi connectivity index (χ3v) is 18.5. The van der Waals surface area contributed by atoms with Crippen molar-refractivity contribution in [3.63, 3.8) is 0 Å². The summed E-state index contributed by atoms with van der Waals surface area (Å²) in [6, 6.07) is -0.626. The lowest BCUT2D eigenvalue weighted by molar-refractivity contribution is -0.143. The second-order valence-corrected chi connectivity index (χ2v) is 27.0. The Morgan fingerprint density at radius 3 is 0.835 bits per heavy atom. The Morgan fingerprint density at radius 2 is 0.553 bits per heavy atom. The molecule has 0 aromatic heterocycles. The average Bonchev–Trinajstić information content (AvgIpc) is 3.51. The molecule has 0 aromatic carbocycles. The number of nitrogens with one attached hydrogen (secondary N) is 1. The van der Waals surface area contributed by atoms with Crippen molar-refractivity contribution in [2.24, 2.45) is 0 Å². The molecule has 0 radical (unpaired) electrons. The van der Waals surface area contributed by atoms with E-state index in [1.165, 1.54) is 372 Å². The highest BCUT2D eigenvalue weighted by molar-refractivity contribution is 5.76. The first-order valence-electron chi connectivity index (χ1n) is 39.1. The van der Waals surface area contributed by atoms with Gasteiger partial charge in [-0.3, -0.25) is 9.59 Å². The highest BCUT2D eigenvalue weighted by Crippen LogP contribution is 2.20. The molecule has 0 aliphatic rings. The Kier molecular flexibility index (Phi) is 73.3. The lowest BCUT2D eigenvalue weighted by Gasteiger charge is -2.20. The zero-order chi connectivity index (χ0) is 61.3. The molecule has 0 fully saturated rings. The first kappa shape index (κ1) is 83.3. The van der Waals surface area contributed by atoms with E-state index in [4.69, 9.17) is 4.74 Å². The van der Waals surface area contributed by atoms with E-state index in [9.17, 15) is 19.8 Å². The largest absolute Gasteiger partial charge is 0.466 e. The number of allylic oxidation sites excluding steroid dienone is 3. The molecule has 0 aliphatic carbocycles. The first-order valence-corrected chi connectivity index (χ1v) is 39.1. The number of rotatable bonds is 74. The Morgan fingerprint density at radius 1 is 0.318 bits per heavy atom. The fraction of sp³-hybridized carbons (Fsp3) is 0.924. The van der Waals surface area contributed by atoms with Gasteiger partial charge in [-0.2, -0.15) is 0 Å². The molecule has 6 heteroatoms. The third kappa shape index (κ3) is 71.3. The van der Waals surface area contributed by atoms with Gasteiger partial charge in [-0.25, -0.2) is 0 Å². The van der Waals surface area contributed by atoms with E-state index in [0.29, 0.717) is 19.4 Å². The molecular formula is C79H153NO5. The zero-order valence-electron chi connectivity index (χ0n) is 57.9. The van der Waals surface area contributed by atoms with Crippen LogP contribution in [0.15, 0.2) is 24.3 Å². The van der Waals surface area contributed by atoms with Crippen LogP contribution in [0, 0.1) is 0 Å².